The van der Waals surface area contributed by atoms with Gasteiger partial charge in [-0.15, -0.1) is 0 Å². The quantitative estimate of drug-likeness (QED) is 0.468. The summed E-state index contributed by atoms with van der Waals surface area (Å²) in [5, 5.41) is 11.2. The molecular formula is C26H32FN5O4. The van der Waals surface area contributed by atoms with E-state index in [0.29, 0.717) is 44.2 Å². The lowest BCUT2D eigenvalue weighted by molar-refractivity contribution is -0.124. The fourth-order valence-corrected chi connectivity index (χ4v) is 4.45. The number of ether oxygens (including phenoxy) is 1. The number of carbonyl (C=O) groups is 3. The minimum absolute atomic E-state index is 0.124. The van der Waals surface area contributed by atoms with Gasteiger partial charge in [0.05, 0.1) is 0 Å². The molecule has 2 aliphatic heterocycles. The van der Waals surface area contributed by atoms with Crippen molar-refractivity contribution >= 4 is 29.3 Å². The van der Waals surface area contributed by atoms with E-state index in [0.717, 1.165) is 31.2 Å². The molecule has 36 heavy (non-hydrogen) atoms. The molecule has 2 atom stereocenters. The van der Waals surface area contributed by atoms with Gasteiger partial charge in [0.25, 0.3) is 5.91 Å². The van der Waals surface area contributed by atoms with Crippen LogP contribution in [0.25, 0.3) is 0 Å². The number of halogens is 1. The zero-order chi connectivity index (χ0) is 25.3. The summed E-state index contributed by atoms with van der Waals surface area (Å²) in [7, 11) is 0. The van der Waals surface area contributed by atoms with E-state index in [-0.39, 0.29) is 17.9 Å². The van der Waals surface area contributed by atoms with Gasteiger partial charge in [0, 0.05) is 44.2 Å². The highest BCUT2D eigenvalue weighted by Gasteiger charge is 2.25. The minimum Gasteiger partial charge on any atom is -0.368 e. The number of nitrogens with one attached hydrogen (secondary N) is 4. The van der Waals surface area contributed by atoms with E-state index < -0.39 is 18.0 Å². The fraction of sp³-hybridized carbons (Fsp3) is 0.423. The summed E-state index contributed by atoms with van der Waals surface area (Å²) in [5.74, 6) is -0.442. The average Bonchev–Trinajstić information content (AvgIpc) is 3.42. The van der Waals surface area contributed by atoms with Crippen molar-refractivity contribution in [3.05, 3.63) is 59.9 Å². The van der Waals surface area contributed by atoms with Crippen LogP contribution in [-0.2, 0) is 16.1 Å². The molecule has 0 radical (unpaired) electrons. The van der Waals surface area contributed by atoms with Crippen LogP contribution in [-0.4, -0.2) is 55.2 Å². The molecule has 0 bridgehead atoms. The lowest BCUT2D eigenvalue weighted by atomic mass is 9.98. The maximum Gasteiger partial charge on any atom is 0.319 e. The number of benzene rings is 2. The number of anilines is 2. The van der Waals surface area contributed by atoms with Gasteiger partial charge >= 0.3 is 12.1 Å². The Morgan fingerprint density at radius 1 is 0.972 bits per heavy atom. The average molecular weight is 498 g/mol. The highest BCUT2D eigenvalue weighted by atomic mass is 19.1. The Hall–Kier alpha value is -3.66. The molecule has 0 spiro atoms. The molecule has 192 valence electrons. The first kappa shape index (κ1) is 25.4. The summed E-state index contributed by atoms with van der Waals surface area (Å²) >= 11 is 0. The molecule has 2 aromatic carbocycles. The van der Waals surface area contributed by atoms with Crippen LogP contribution in [0, 0.1) is 11.7 Å². The van der Waals surface area contributed by atoms with Crippen LogP contribution >= 0.6 is 0 Å². The van der Waals surface area contributed by atoms with Gasteiger partial charge in [0.15, 0.2) is 0 Å². The molecule has 9 nitrogen and oxygen atoms in total. The zero-order valence-electron chi connectivity index (χ0n) is 20.1. The summed E-state index contributed by atoms with van der Waals surface area (Å²) < 4.78 is 18.7. The standard InChI is InChI=1S/C26H32FN5O4/c27-20-7-2-9-22(14-20)31-25(34)28-16-19-6-3-11-32(17-19)26(35)29-15-18-5-1-8-21(13-18)30-24(33)23-10-4-12-36-23/h1-2,5,7-9,13-14,19,23H,3-4,6,10-12,15-17H2,(H,29,35)(H,30,33)(H2,28,31,34). The molecule has 2 saturated heterocycles. The van der Waals surface area contributed by atoms with Gasteiger partial charge in [0.2, 0.25) is 0 Å². The molecule has 2 unspecified atom stereocenters. The first-order valence-corrected chi connectivity index (χ1v) is 12.3. The molecule has 2 aliphatic rings. The van der Waals surface area contributed by atoms with E-state index in [9.17, 15) is 18.8 Å². The van der Waals surface area contributed by atoms with Crippen LogP contribution in [0.1, 0.15) is 31.2 Å². The van der Waals surface area contributed by atoms with Crippen molar-refractivity contribution in [1.82, 2.24) is 15.5 Å². The third kappa shape index (κ3) is 7.42. The number of amides is 5. The Morgan fingerprint density at radius 2 is 1.78 bits per heavy atom. The van der Waals surface area contributed by atoms with Crippen molar-refractivity contribution < 1.29 is 23.5 Å². The topological polar surface area (TPSA) is 112 Å². The molecule has 2 fully saturated rings. The molecule has 5 amide bonds. The third-order valence-corrected chi connectivity index (χ3v) is 6.30. The predicted octanol–water partition coefficient (Wildman–Crippen LogP) is 3.69. The lowest BCUT2D eigenvalue weighted by Crippen LogP contribution is -2.47. The normalized spacial score (nSPS) is 19.4. The van der Waals surface area contributed by atoms with Crippen molar-refractivity contribution in [2.45, 2.75) is 38.3 Å². The van der Waals surface area contributed by atoms with E-state index in [1.807, 2.05) is 24.3 Å². The third-order valence-electron chi connectivity index (χ3n) is 6.30. The Balaban J connectivity index is 1.20. The van der Waals surface area contributed by atoms with Crippen LogP contribution in [0.15, 0.2) is 48.5 Å². The Bertz CT molecular complexity index is 1080. The predicted molar refractivity (Wildman–Crippen MR) is 134 cm³/mol. The van der Waals surface area contributed by atoms with Gasteiger partial charge < -0.3 is 30.9 Å². The summed E-state index contributed by atoms with van der Waals surface area (Å²) in [6.07, 6.45) is 2.96. The molecule has 10 heteroatoms. The number of hydrogen-bond acceptors (Lipinski definition) is 4. The van der Waals surface area contributed by atoms with Crippen molar-refractivity contribution in [2.75, 3.05) is 36.9 Å². The first-order chi connectivity index (χ1) is 17.5. The second kappa shape index (κ2) is 12.3. The molecule has 0 saturated carbocycles. The monoisotopic (exact) mass is 497 g/mol. The van der Waals surface area contributed by atoms with Gasteiger partial charge in [-0.2, -0.15) is 0 Å². The van der Waals surface area contributed by atoms with Crippen molar-refractivity contribution in [2.24, 2.45) is 5.92 Å². The molecule has 4 rings (SSSR count). The van der Waals surface area contributed by atoms with Crippen LogP contribution in [0.4, 0.5) is 25.4 Å². The fourth-order valence-electron chi connectivity index (χ4n) is 4.45. The summed E-state index contributed by atoms with van der Waals surface area (Å²) in [6.45, 7) is 2.54. The van der Waals surface area contributed by atoms with Crippen molar-refractivity contribution in [1.29, 1.82) is 0 Å². The molecular weight excluding hydrogens is 465 g/mol. The van der Waals surface area contributed by atoms with Gasteiger partial charge in [-0.05, 0) is 67.5 Å². The minimum atomic E-state index is -0.420. The second-order valence-electron chi connectivity index (χ2n) is 9.15. The lowest BCUT2D eigenvalue weighted by Gasteiger charge is -2.33. The largest absolute Gasteiger partial charge is 0.368 e. The van der Waals surface area contributed by atoms with Crippen molar-refractivity contribution in [3.63, 3.8) is 0 Å². The number of carbonyl (C=O) groups excluding carboxylic acids is 3. The number of rotatable bonds is 7. The Morgan fingerprint density at radius 3 is 2.56 bits per heavy atom. The van der Waals surface area contributed by atoms with Crippen LogP contribution in [0.3, 0.4) is 0 Å². The van der Waals surface area contributed by atoms with E-state index >= 15 is 0 Å². The number of hydrogen-bond donors (Lipinski definition) is 4. The van der Waals surface area contributed by atoms with Crippen LogP contribution in [0.2, 0.25) is 0 Å². The maximum absolute atomic E-state index is 13.3. The number of nitrogens with zero attached hydrogens (tertiary/aromatic N) is 1. The molecule has 4 N–H and O–H groups in total. The van der Waals surface area contributed by atoms with E-state index in [1.54, 1.807) is 11.0 Å². The van der Waals surface area contributed by atoms with Gasteiger partial charge in [-0.3, -0.25) is 4.79 Å². The number of piperidine rings is 1. The van der Waals surface area contributed by atoms with Gasteiger partial charge in [-0.25, -0.2) is 14.0 Å². The molecule has 2 heterocycles. The zero-order valence-corrected chi connectivity index (χ0v) is 20.1. The van der Waals surface area contributed by atoms with Gasteiger partial charge in [0.1, 0.15) is 11.9 Å². The second-order valence-corrected chi connectivity index (χ2v) is 9.15. The van der Waals surface area contributed by atoms with E-state index in [4.69, 9.17) is 4.74 Å². The maximum atomic E-state index is 13.3. The van der Waals surface area contributed by atoms with Crippen molar-refractivity contribution in [3.8, 4) is 0 Å². The van der Waals surface area contributed by atoms with Gasteiger partial charge in [-0.1, -0.05) is 18.2 Å². The Labute approximate surface area is 209 Å². The van der Waals surface area contributed by atoms with Crippen LogP contribution < -0.4 is 21.3 Å². The first-order valence-electron chi connectivity index (χ1n) is 12.3. The summed E-state index contributed by atoms with van der Waals surface area (Å²) in [5.41, 5.74) is 1.92. The van der Waals surface area contributed by atoms with E-state index in [1.165, 1.54) is 18.2 Å². The Kier molecular flexibility index (Phi) is 8.72. The summed E-state index contributed by atoms with van der Waals surface area (Å²) in [6, 6.07) is 12.5. The summed E-state index contributed by atoms with van der Waals surface area (Å²) in [4.78, 5) is 38.9. The highest BCUT2D eigenvalue weighted by molar-refractivity contribution is 5.94. The number of urea groups is 2. The smallest absolute Gasteiger partial charge is 0.319 e. The molecule has 2 aromatic rings. The van der Waals surface area contributed by atoms with Crippen LogP contribution in [0.5, 0.6) is 0 Å². The van der Waals surface area contributed by atoms with E-state index in [2.05, 4.69) is 21.3 Å². The molecule has 0 aliphatic carbocycles. The molecule has 0 aromatic heterocycles. The highest BCUT2D eigenvalue weighted by Crippen LogP contribution is 2.18. The SMILES string of the molecule is O=C(NCC1CCCN(C(=O)NCc2cccc(NC(=O)C3CCCO3)c2)C1)Nc1cccc(F)c1. The number of likely N-dealkylation sites (tertiary alicyclic amines) is 1.